The summed E-state index contributed by atoms with van der Waals surface area (Å²) in [6.45, 7) is 7.91. The Morgan fingerprint density at radius 3 is 2.68 bits per heavy atom. The molecule has 0 aromatic heterocycles. The maximum atomic E-state index is 6.25. The van der Waals surface area contributed by atoms with Crippen molar-refractivity contribution in [3.63, 3.8) is 0 Å². The van der Waals surface area contributed by atoms with Crippen LogP contribution in [0.5, 0.6) is 5.75 Å². The highest BCUT2D eigenvalue weighted by Crippen LogP contribution is 2.25. The molecule has 2 aromatic rings. The molecule has 0 atom stereocenters. The molecular weight excluding hydrogens is 406 g/mol. The normalized spacial score (nSPS) is 17.3. The second-order valence-corrected chi connectivity index (χ2v) is 8.89. The second-order valence-electron chi connectivity index (χ2n) is 8.45. The monoisotopic (exact) mass is 435 g/mol. The lowest BCUT2D eigenvalue weighted by Gasteiger charge is -2.29. The van der Waals surface area contributed by atoms with Crippen LogP contribution in [0.4, 0.5) is 0 Å². The number of rotatable bonds is 7. The topological polar surface area (TPSA) is 28.1 Å². The van der Waals surface area contributed by atoms with Gasteiger partial charge in [-0.2, -0.15) is 0 Å². The van der Waals surface area contributed by atoms with E-state index in [9.17, 15) is 0 Å². The fourth-order valence-corrected chi connectivity index (χ4v) is 4.14. The molecule has 0 radical (unpaired) electrons. The number of nitrogens with zero attached hydrogens (tertiary/aromatic N) is 3. The van der Waals surface area contributed by atoms with Crippen molar-refractivity contribution in [3.8, 4) is 5.75 Å². The third-order valence-electron chi connectivity index (χ3n) is 5.99. The highest BCUT2D eigenvalue weighted by molar-refractivity contribution is 6.30. The predicted molar refractivity (Wildman–Crippen MR) is 130 cm³/mol. The van der Waals surface area contributed by atoms with E-state index in [1.807, 2.05) is 24.3 Å². The number of hydrogen-bond acceptors (Lipinski definition) is 4. The molecule has 0 aliphatic carbocycles. The summed E-state index contributed by atoms with van der Waals surface area (Å²) in [6, 6.07) is 16.3. The largest absolute Gasteiger partial charge is 0.490 e. The van der Waals surface area contributed by atoms with E-state index in [1.165, 1.54) is 11.1 Å². The minimum atomic E-state index is 0.309. The Hall–Kier alpha value is -2.56. The number of likely N-dealkylation sites (tertiary alicyclic amines) is 1. The van der Waals surface area contributed by atoms with Gasteiger partial charge in [-0.25, -0.2) is 0 Å². The van der Waals surface area contributed by atoms with Gasteiger partial charge >= 0.3 is 0 Å². The molecule has 0 N–H and O–H groups in total. The summed E-state index contributed by atoms with van der Waals surface area (Å²) in [5, 5.41) is 0.745. The van der Waals surface area contributed by atoms with Gasteiger partial charge in [-0.05, 0) is 66.9 Å². The molecule has 2 heterocycles. The molecule has 4 rings (SSSR count). The number of halogens is 1. The summed E-state index contributed by atoms with van der Waals surface area (Å²) in [5.41, 5.74) is 5.40. The first-order valence-electron chi connectivity index (χ1n) is 10.8. The SMILES string of the molecule is C=C(C1=NCC(c2ccc(Cl)cc2)=C1)N(C)Cc1cccc(OC2CCN(C)CC2)c1. The molecule has 0 spiro atoms. The number of piperidine rings is 1. The van der Waals surface area contributed by atoms with Crippen molar-refractivity contribution >= 4 is 22.9 Å². The van der Waals surface area contributed by atoms with Crippen molar-refractivity contribution in [2.24, 2.45) is 4.99 Å². The van der Waals surface area contributed by atoms with Crippen molar-refractivity contribution in [1.82, 2.24) is 9.80 Å². The first-order valence-corrected chi connectivity index (χ1v) is 11.2. The van der Waals surface area contributed by atoms with E-state index < -0.39 is 0 Å². The van der Waals surface area contributed by atoms with E-state index in [4.69, 9.17) is 21.3 Å². The van der Waals surface area contributed by atoms with Crippen LogP contribution in [-0.4, -0.2) is 55.3 Å². The molecule has 2 aliphatic rings. The highest BCUT2D eigenvalue weighted by atomic mass is 35.5. The van der Waals surface area contributed by atoms with Crippen LogP contribution in [-0.2, 0) is 6.54 Å². The van der Waals surface area contributed by atoms with Crippen LogP contribution in [0.15, 0.2) is 71.9 Å². The molecule has 162 valence electrons. The van der Waals surface area contributed by atoms with Gasteiger partial charge in [0.2, 0.25) is 0 Å². The third-order valence-corrected chi connectivity index (χ3v) is 6.24. The quantitative estimate of drug-likeness (QED) is 0.591. The van der Waals surface area contributed by atoms with Gasteiger partial charge in [-0.15, -0.1) is 0 Å². The highest BCUT2D eigenvalue weighted by Gasteiger charge is 2.19. The van der Waals surface area contributed by atoms with Crippen molar-refractivity contribution in [3.05, 3.63) is 83.0 Å². The van der Waals surface area contributed by atoms with Gasteiger partial charge in [0.1, 0.15) is 11.9 Å². The van der Waals surface area contributed by atoms with Gasteiger partial charge in [0.05, 0.1) is 18.0 Å². The van der Waals surface area contributed by atoms with Crippen LogP contribution in [0.25, 0.3) is 5.57 Å². The zero-order chi connectivity index (χ0) is 21.8. The van der Waals surface area contributed by atoms with Crippen molar-refractivity contribution in [1.29, 1.82) is 0 Å². The summed E-state index contributed by atoms with van der Waals surface area (Å²) in [5.74, 6) is 0.953. The average Bonchev–Trinajstić information content (AvgIpc) is 3.26. The number of ether oxygens (including phenoxy) is 1. The predicted octanol–water partition coefficient (Wildman–Crippen LogP) is 5.30. The Kier molecular flexibility index (Phi) is 6.79. The third kappa shape index (κ3) is 5.57. The zero-order valence-electron chi connectivity index (χ0n) is 18.4. The lowest BCUT2D eigenvalue weighted by Crippen LogP contribution is -2.35. The lowest BCUT2D eigenvalue weighted by atomic mass is 10.1. The van der Waals surface area contributed by atoms with Gasteiger partial charge in [0.15, 0.2) is 0 Å². The molecule has 0 unspecified atom stereocenters. The number of hydrogen-bond donors (Lipinski definition) is 0. The summed E-state index contributed by atoms with van der Waals surface area (Å²) in [6.07, 6.45) is 4.60. The first-order chi connectivity index (χ1) is 15.0. The Morgan fingerprint density at radius 1 is 1.19 bits per heavy atom. The van der Waals surface area contributed by atoms with Crippen LogP contribution in [0.1, 0.15) is 24.0 Å². The molecular formula is C26H30ClN3O. The van der Waals surface area contributed by atoms with Crippen molar-refractivity contribution < 1.29 is 4.74 Å². The van der Waals surface area contributed by atoms with Crippen molar-refractivity contribution in [2.45, 2.75) is 25.5 Å². The van der Waals surface area contributed by atoms with Gasteiger partial charge in [-0.1, -0.05) is 42.4 Å². The molecule has 31 heavy (non-hydrogen) atoms. The molecule has 2 aromatic carbocycles. The summed E-state index contributed by atoms with van der Waals surface area (Å²) in [7, 11) is 4.23. The van der Waals surface area contributed by atoms with E-state index >= 15 is 0 Å². The van der Waals surface area contributed by atoms with Crippen LogP contribution in [0.2, 0.25) is 5.02 Å². The standard InChI is InChI=1S/C26H30ClN3O/c1-19(26-16-22(17-28-26)21-7-9-23(27)10-8-21)30(3)18-20-5-4-6-25(15-20)31-24-11-13-29(2)14-12-24/h4-10,15-16,24H,1,11-14,17-18H2,2-3H3. The number of benzene rings is 2. The van der Waals surface area contributed by atoms with Crippen LogP contribution in [0.3, 0.4) is 0 Å². The van der Waals surface area contributed by atoms with Gasteiger partial charge in [0, 0.05) is 31.7 Å². The maximum absolute atomic E-state index is 6.25. The van der Waals surface area contributed by atoms with Crippen molar-refractivity contribution in [2.75, 3.05) is 33.7 Å². The second kappa shape index (κ2) is 9.71. The summed E-state index contributed by atoms with van der Waals surface area (Å²) < 4.78 is 6.25. The molecule has 2 aliphatic heterocycles. The molecule has 0 amide bonds. The fraction of sp³-hybridized carbons (Fsp3) is 0.346. The summed E-state index contributed by atoms with van der Waals surface area (Å²) >= 11 is 6.01. The van der Waals surface area contributed by atoms with E-state index in [0.29, 0.717) is 12.6 Å². The molecule has 5 heteroatoms. The number of aliphatic imine (C=N–C) groups is 1. The van der Waals surface area contributed by atoms with E-state index in [0.717, 1.165) is 60.2 Å². The van der Waals surface area contributed by atoms with Crippen LogP contribution >= 0.6 is 11.6 Å². The van der Waals surface area contributed by atoms with Gasteiger partial charge in [-0.3, -0.25) is 4.99 Å². The van der Waals surface area contributed by atoms with E-state index in [1.54, 1.807) is 0 Å². The van der Waals surface area contributed by atoms with E-state index in [-0.39, 0.29) is 0 Å². The van der Waals surface area contributed by atoms with Gasteiger partial charge in [0.25, 0.3) is 0 Å². The Morgan fingerprint density at radius 2 is 1.94 bits per heavy atom. The molecule has 0 bridgehead atoms. The minimum Gasteiger partial charge on any atom is -0.490 e. The lowest BCUT2D eigenvalue weighted by molar-refractivity contribution is 0.114. The Balaban J connectivity index is 1.36. The first kappa shape index (κ1) is 21.7. The summed E-state index contributed by atoms with van der Waals surface area (Å²) in [4.78, 5) is 9.20. The van der Waals surface area contributed by atoms with Crippen LogP contribution < -0.4 is 4.74 Å². The van der Waals surface area contributed by atoms with Crippen LogP contribution in [0, 0.1) is 0 Å². The molecule has 4 nitrogen and oxygen atoms in total. The Bertz CT molecular complexity index is 988. The average molecular weight is 436 g/mol. The molecule has 1 fully saturated rings. The fourth-order valence-electron chi connectivity index (χ4n) is 4.02. The van der Waals surface area contributed by atoms with Gasteiger partial charge < -0.3 is 14.5 Å². The smallest absolute Gasteiger partial charge is 0.120 e. The maximum Gasteiger partial charge on any atom is 0.120 e. The molecule has 1 saturated heterocycles. The Labute approximate surface area is 190 Å². The minimum absolute atomic E-state index is 0.309. The molecule has 0 saturated carbocycles. The number of allylic oxidation sites excluding steroid dienone is 1. The zero-order valence-corrected chi connectivity index (χ0v) is 19.1. The van der Waals surface area contributed by atoms with E-state index in [2.05, 4.69) is 60.8 Å².